The summed E-state index contributed by atoms with van der Waals surface area (Å²) in [4.78, 5) is 27.1. The third kappa shape index (κ3) is 4.82. The summed E-state index contributed by atoms with van der Waals surface area (Å²) in [5.74, 6) is -0.430. The van der Waals surface area contributed by atoms with E-state index in [-0.39, 0.29) is 35.7 Å². The van der Waals surface area contributed by atoms with Crippen molar-refractivity contribution in [1.82, 2.24) is 4.31 Å². The van der Waals surface area contributed by atoms with E-state index >= 15 is 0 Å². The van der Waals surface area contributed by atoms with Crippen LogP contribution in [-0.4, -0.2) is 43.7 Å². The molecule has 0 spiro atoms. The molecule has 2 aromatic carbocycles. The summed E-state index contributed by atoms with van der Waals surface area (Å²) in [5.41, 5.74) is 4.16. The van der Waals surface area contributed by atoms with Crippen molar-refractivity contribution in [3.05, 3.63) is 53.1 Å². The molecular weight excluding hydrogens is 438 g/mol. The Hall–Kier alpha value is -2.71. The zero-order valence-corrected chi connectivity index (χ0v) is 20.2. The first-order chi connectivity index (χ1) is 15.7. The van der Waals surface area contributed by atoms with Gasteiger partial charge in [-0.1, -0.05) is 24.1 Å². The number of benzene rings is 2. The first kappa shape index (κ1) is 23.4. The number of carbonyl (C=O) groups is 2. The number of nitrogens with one attached hydrogen (secondary N) is 1. The average Bonchev–Trinajstić information content (AvgIpc) is 2.77. The van der Waals surface area contributed by atoms with Crippen LogP contribution in [0.2, 0.25) is 0 Å². The van der Waals surface area contributed by atoms with Gasteiger partial charge in [0.1, 0.15) is 6.54 Å². The first-order valence-corrected chi connectivity index (χ1v) is 12.9. The summed E-state index contributed by atoms with van der Waals surface area (Å²) in [6.07, 6.45) is 3.47. The molecule has 176 valence electrons. The van der Waals surface area contributed by atoms with Gasteiger partial charge in [0.15, 0.2) is 0 Å². The highest BCUT2D eigenvalue weighted by Gasteiger charge is 2.33. The molecule has 1 fully saturated rings. The van der Waals surface area contributed by atoms with Crippen molar-refractivity contribution >= 4 is 33.2 Å². The molecule has 4 rings (SSSR count). The molecule has 0 saturated carbocycles. The Morgan fingerprint density at radius 2 is 1.88 bits per heavy atom. The van der Waals surface area contributed by atoms with Crippen molar-refractivity contribution in [2.75, 3.05) is 23.3 Å². The lowest BCUT2D eigenvalue weighted by Gasteiger charge is -2.33. The number of sulfonamides is 1. The number of carbonyl (C=O) groups excluding carboxylic acids is 2. The normalized spacial score (nSPS) is 19.3. The molecule has 7 nitrogen and oxygen atoms in total. The molecular formula is C25H31N3O4S. The van der Waals surface area contributed by atoms with E-state index in [1.165, 1.54) is 4.90 Å². The first-order valence-electron chi connectivity index (χ1n) is 11.5. The molecule has 0 aromatic heterocycles. The Morgan fingerprint density at radius 1 is 1.09 bits per heavy atom. The Kier molecular flexibility index (Phi) is 6.59. The number of hydrogen-bond donors (Lipinski definition) is 1. The summed E-state index contributed by atoms with van der Waals surface area (Å²) in [5, 5.41) is 2.88. The topological polar surface area (TPSA) is 86.8 Å². The zero-order valence-electron chi connectivity index (χ0n) is 19.4. The Morgan fingerprint density at radius 3 is 2.61 bits per heavy atom. The smallest absolute Gasteiger partial charge is 0.244 e. The van der Waals surface area contributed by atoms with Gasteiger partial charge in [-0.05, 0) is 75.4 Å². The number of nitrogens with zero attached hydrogens (tertiary/aromatic N) is 2. The quantitative estimate of drug-likeness (QED) is 0.722. The van der Waals surface area contributed by atoms with E-state index in [0.29, 0.717) is 24.3 Å². The van der Waals surface area contributed by atoms with Gasteiger partial charge in [-0.25, -0.2) is 8.42 Å². The molecule has 1 saturated heterocycles. The van der Waals surface area contributed by atoms with Gasteiger partial charge in [-0.15, -0.1) is 0 Å². The zero-order chi connectivity index (χ0) is 23.8. The van der Waals surface area contributed by atoms with Gasteiger partial charge in [-0.3, -0.25) is 9.59 Å². The lowest BCUT2D eigenvalue weighted by Crippen LogP contribution is -2.42. The van der Waals surface area contributed by atoms with Crippen LogP contribution in [0, 0.1) is 13.8 Å². The lowest BCUT2D eigenvalue weighted by molar-refractivity contribution is -0.121. The minimum absolute atomic E-state index is 0.0215. The third-order valence-corrected chi connectivity index (χ3v) is 8.57. The number of rotatable bonds is 5. The molecule has 8 heteroatoms. The standard InChI is InChI=1S/C25H31N3O4S/c1-17-7-10-22(18(2)14-17)26-24(29)16-27-23-11-9-21(15-20(23)8-12-25(27)30)33(31,32)28-13-5-4-6-19(28)3/h7,9-11,14-15,19H,4-6,8,12-13,16H2,1-3H3,(H,26,29)/t19-/m1/s1. The van der Waals surface area contributed by atoms with Crippen LogP contribution in [0.25, 0.3) is 0 Å². The summed E-state index contributed by atoms with van der Waals surface area (Å²) in [7, 11) is -3.60. The van der Waals surface area contributed by atoms with Crippen molar-refractivity contribution in [1.29, 1.82) is 0 Å². The van der Waals surface area contributed by atoms with Crippen LogP contribution in [0.15, 0.2) is 41.3 Å². The highest BCUT2D eigenvalue weighted by molar-refractivity contribution is 7.89. The fourth-order valence-electron chi connectivity index (χ4n) is 4.72. The maximum atomic E-state index is 13.2. The molecule has 1 atom stereocenters. The second kappa shape index (κ2) is 9.27. The third-order valence-electron chi connectivity index (χ3n) is 6.56. The molecule has 0 bridgehead atoms. The maximum absolute atomic E-state index is 13.2. The van der Waals surface area contributed by atoms with Crippen molar-refractivity contribution in [3.8, 4) is 0 Å². The van der Waals surface area contributed by atoms with Crippen LogP contribution in [0.5, 0.6) is 0 Å². The number of amides is 2. The van der Waals surface area contributed by atoms with E-state index in [9.17, 15) is 18.0 Å². The highest BCUT2D eigenvalue weighted by atomic mass is 32.2. The Balaban J connectivity index is 1.55. The second-order valence-corrected chi connectivity index (χ2v) is 11.0. The van der Waals surface area contributed by atoms with Crippen molar-refractivity contribution in [2.24, 2.45) is 0 Å². The van der Waals surface area contributed by atoms with Crippen molar-refractivity contribution in [2.45, 2.75) is 63.8 Å². The number of piperidine rings is 1. The van der Waals surface area contributed by atoms with Gasteiger partial charge < -0.3 is 10.2 Å². The molecule has 2 heterocycles. The van der Waals surface area contributed by atoms with Crippen LogP contribution >= 0.6 is 0 Å². The van der Waals surface area contributed by atoms with E-state index in [1.807, 2.05) is 39.0 Å². The Bertz CT molecular complexity index is 1190. The fraction of sp³-hybridized carbons (Fsp3) is 0.440. The van der Waals surface area contributed by atoms with Crippen LogP contribution in [-0.2, 0) is 26.0 Å². The summed E-state index contributed by atoms with van der Waals surface area (Å²) < 4.78 is 28.1. The number of aryl methyl sites for hydroxylation is 3. The van der Waals surface area contributed by atoms with E-state index in [2.05, 4.69) is 5.32 Å². The van der Waals surface area contributed by atoms with Gasteiger partial charge in [0.25, 0.3) is 0 Å². The predicted molar refractivity (Wildman–Crippen MR) is 129 cm³/mol. The van der Waals surface area contributed by atoms with E-state index in [4.69, 9.17) is 0 Å². The van der Waals surface area contributed by atoms with Crippen LogP contribution in [0.3, 0.4) is 0 Å². The molecule has 1 N–H and O–H groups in total. The van der Waals surface area contributed by atoms with Gasteiger partial charge >= 0.3 is 0 Å². The number of fused-ring (bicyclic) bond motifs is 1. The number of hydrogen-bond acceptors (Lipinski definition) is 4. The molecule has 0 aliphatic carbocycles. The van der Waals surface area contributed by atoms with Gasteiger partial charge in [-0.2, -0.15) is 4.31 Å². The second-order valence-electron chi connectivity index (χ2n) is 9.10. The monoisotopic (exact) mass is 469 g/mol. The Labute approximate surface area is 195 Å². The number of anilines is 2. The summed E-state index contributed by atoms with van der Waals surface area (Å²) in [6.45, 7) is 6.28. The van der Waals surface area contributed by atoms with Gasteiger partial charge in [0, 0.05) is 30.4 Å². The fourth-order valence-corrected chi connectivity index (χ4v) is 6.47. The maximum Gasteiger partial charge on any atom is 0.244 e. The van der Waals surface area contributed by atoms with E-state index in [1.54, 1.807) is 22.5 Å². The minimum Gasteiger partial charge on any atom is -0.324 e. The SMILES string of the molecule is Cc1ccc(NC(=O)CN2C(=O)CCc3cc(S(=O)(=O)N4CCCC[C@H]4C)ccc32)c(C)c1. The molecule has 2 aliphatic heterocycles. The molecule has 2 aromatic rings. The largest absolute Gasteiger partial charge is 0.324 e. The lowest BCUT2D eigenvalue weighted by atomic mass is 10.0. The van der Waals surface area contributed by atoms with Crippen LogP contribution in [0.1, 0.15) is 49.3 Å². The van der Waals surface area contributed by atoms with Crippen LogP contribution < -0.4 is 10.2 Å². The summed E-state index contributed by atoms with van der Waals surface area (Å²) >= 11 is 0. The van der Waals surface area contributed by atoms with E-state index < -0.39 is 10.0 Å². The predicted octanol–water partition coefficient (Wildman–Crippen LogP) is 3.78. The molecule has 0 unspecified atom stereocenters. The van der Waals surface area contributed by atoms with Gasteiger partial charge in [0.05, 0.1) is 4.90 Å². The van der Waals surface area contributed by atoms with E-state index in [0.717, 1.165) is 36.0 Å². The molecule has 2 amide bonds. The minimum atomic E-state index is -3.60. The van der Waals surface area contributed by atoms with Crippen molar-refractivity contribution < 1.29 is 18.0 Å². The van der Waals surface area contributed by atoms with Gasteiger partial charge in [0.2, 0.25) is 21.8 Å². The molecule has 2 aliphatic rings. The average molecular weight is 470 g/mol. The highest BCUT2D eigenvalue weighted by Crippen LogP contribution is 2.32. The molecule has 0 radical (unpaired) electrons. The molecule has 33 heavy (non-hydrogen) atoms. The van der Waals surface area contributed by atoms with Crippen molar-refractivity contribution in [3.63, 3.8) is 0 Å². The van der Waals surface area contributed by atoms with Crippen LogP contribution in [0.4, 0.5) is 11.4 Å². The summed E-state index contributed by atoms with van der Waals surface area (Å²) in [6, 6.07) is 10.6.